The number of methoxy groups -OCH3 is 1. The number of amides is 1. The van der Waals surface area contributed by atoms with Crippen molar-refractivity contribution in [2.24, 2.45) is 0 Å². The maximum atomic E-state index is 12.2. The number of phenols is 1. The summed E-state index contributed by atoms with van der Waals surface area (Å²) in [4.78, 5) is 14.0. The van der Waals surface area contributed by atoms with E-state index in [2.05, 4.69) is 0 Å². The molecule has 1 amide bonds. The molecule has 1 aliphatic rings. The summed E-state index contributed by atoms with van der Waals surface area (Å²) in [6, 6.07) is 14.6. The molecular weight excluding hydrogens is 294 g/mol. The Morgan fingerprint density at radius 2 is 1.96 bits per heavy atom. The molecule has 0 aliphatic carbocycles. The van der Waals surface area contributed by atoms with Gasteiger partial charge in [0.1, 0.15) is 11.9 Å². The summed E-state index contributed by atoms with van der Waals surface area (Å²) in [6.45, 7) is 1.19. The average molecular weight is 313 g/mol. The third-order valence-electron chi connectivity index (χ3n) is 3.85. The Balaban J connectivity index is 1.50. The van der Waals surface area contributed by atoms with Gasteiger partial charge in [-0.3, -0.25) is 4.79 Å². The minimum absolute atomic E-state index is 0.0301. The number of rotatable bonds is 5. The number of likely N-dealkylation sites (tertiary alicyclic amines) is 1. The second kappa shape index (κ2) is 6.60. The molecule has 1 saturated heterocycles. The van der Waals surface area contributed by atoms with Crippen LogP contribution in [0.15, 0.2) is 48.5 Å². The molecule has 2 aromatic carbocycles. The molecule has 3 rings (SSSR count). The topological polar surface area (TPSA) is 59.0 Å². The monoisotopic (exact) mass is 313 g/mol. The van der Waals surface area contributed by atoms with E-state index in [-0.39, 0.29) is 24.2 Å². The number of aromatic hydroxyl groups is 1. The van der Waals surface area contributed by atoms with Gasteiger partial charge in [0.25, 0.3) is 0 Å². The Labute approximate surface area is 135 Å². The third-order valence-corrected chi connectivity index (χ3v) is 3.85. The fraction of sp³-hybridized carbons (Fsp3) is 0.278. The molecule has 0 spiro atoms. The van der Waals surface area contributed by atoms with E-state index in [1.165, 1.54) is 7.11 Å². The Hall–Kier alpha value is -2.69. The predicted molar refractivity (Wildman–Crippen MR) is 85.8 cm³/mol. The molecule has 2 aromatic rings. The quantitative estimate of drug-likeness (QED) is 0.919. The lowest BCUT2D eigenvalue weighted by molar-refractivity contribution is -0.139. The Bertz CT molecular complexity index is 681. The van der Waals surface area contributed by atoms with Gasteiger partial charge in [-0.2, -0.15) is 0 Å². The minimum atomic E-state index is 0.0301. The minimum Gasteiger partial charge on any atom is -0.504 e. The molecule has 0 bridgehead atoms. The normalized spacial score (nSPS) is 14.2. The summed E-state index contributed by atoms with van der Waals surface area (Å²) in [6.07, 6.45) is 0.306. The molecule has 5 nitrogen and oxygen atoms in total. The number of para-hydroxylation sites is 1. The maximum absolute atomic E-state index is 12.2. The van der Waals surface area contributed by atoms with Crippen molar-refractivity contribution in [3.8, 4) is 17.2 Å². The van der Waals surface area contributed by atoms with Gasteiger partial charge < -0.3 is 19.5 Å². The molecular formula is C18H19NO4. The zero-order valence-electron chi connectivity index (χ0n) is 12.9. The SMILES string of the molecule is COc1ccc(CC(=O)N2CC(Oc3ccccc3)C2)cc1O. The van der Waals surface area contributed by atoms with Crippen LogP contribution in [0.1, 0.15) is 5.56 Å². The lowest BCUT2D eigenvalue weighted by atomic mass is 10.1. The Morgan fingerprint density at radius 1 is 1.22 bits per heavy atom. The summed E-state index contributed by atoms with van der Waals surface area (Å²) in [5.74, 6) is 1.31. The van der Waals surface area contributed by atoms with E-state index in [0.29, 0.717) is 18.8 Å². The molecule has 0 atom stereocenters. The van der Waals surface area contributed by atoms with Crippen molar-refractivity contribution < 1.29 is 19.4 Å². The standard InChI is InChI=1S/C18H19NO4/c1-22-17-8-7-13(9-16(17)20)10-18(21)19-11-15(12-19)23-14-5-3-2-4-6-14/h2-9,15,20H,10-12H2,1H3. The number of benzene rings is 2. The largest absolute Gasteiger partial charge is 0.504 e. The second-order valence-electron chi connectivity index (χ2n) is 5.53. The summed E-state index contributed by atoms with van der Waals surface area (Å²) >= 11 is 0. The van der Waals surface area contributed by atoms with Gasteiger partial charge in [-0.15, -0.1) is 0 Å². The smallest absolute Gasteiger partial charge is 0.227 e. The van der Waals surface area contributed by atoms with E-state index in [0.717, 1.165) is 11.3 Å². The first-order valence-corrected chi connectivity index (χ1v) is 7.51. The van der Waals surface area contributed by atoms with Crippen LogP contribution in [0.25, 0.3) is 0 Å². The van der Waals surface area contributed by atoms with Crippen LogP contribution in [0.4, 0.5) is 0 Å². The lowest BCUT2D eigenvalue weighted by Crippen LogP contribution is -2.56. The van der Waals surface area contributed by atoms with Crippen molar-refractivity contribution in [3.05, 3.63) is 54.1 Å². The van der Waals surface area contributed by atoms with Gasteiger partial charge >= 0.3 is 0 Å². The molecule has 0 radical (unpaired) electrons. The predicted octanol–water partition coefficient (Wildman–Crippen LogP) is 2.23. The van der Waals surface area contributed by atoms with Crippen LogP contribution in [0, 0.1) is 0 Å². The number of nitrogens with zero attached hydrogens (tertiary/aromatic N) is 1. The first-order chi connectivity index (χ1) is 11.2. The summed E-state index contributed by atoms with van der Waals surface area (Å²) in [7, 11) is 1.49. The van der Waals surface area contributed by atoms with Crippen LogP contribution in [0.5, 0.6) is 17.2 Å². The van der Waals surface area contributed by atoms with E-state index in [9.17, 15) is 9.90 Å². The van der Waals surface area contributed by atoms with Crippen molar-refractivity contribution in [3.63, 3.8) is 0 Å². The first-order valence-electron chi connectivity index (χ1n) is 7.51. The summed E-state index contributed by atoms with van der Waals surface area (Å²) < 4.78 is 10.8. The van der Waals surface area contributed by atoms with Gasteiger partial charge in [0.05, 0.1) is 26.6 Å². The molecule has 120 valence electrons. The van der Waals surface area contributed by atoms with Gasteiger partial charge in [-0.1, -0.05) is 24.3 Å². The maximum Gasteiger partial charge on any atom is 0.227 e. The van der Waals surface area contributed by atoms with Crippen LogP contribution in [0.2, 0.25) is 0 Å². The summed E-state index contributed by atoms with van der Waals surface area (Å²) in [5.41, 5.74) is 0.765. The van der Waals surface area contributed by atoms with E-state index in [4.69, 9.17) is 9.47 Å². The highest BCUT2D eigenvalue weighted by Gasteiger charge is 2.32. The van der Waals surface area contributed by atoms with Gasteiger partial charge in [-0.25, -0.2) is 0 Å². The number of hydrogen-bond donors (Lipinski definition) is 1. The Kier molecular flexibility index (Phi) is 4.37. The van der Waals surface area contributed by atoms with Crippen LogP contribution in [0.3, 0.4) is 0 Å². The van der Waals surface area contributed by atoms with Crippen molar-refractivity contribution in [2.45, 2.75) is 12.5 Å². The van der Waals surface area contributed by atoms with E-state index < -0.39 is 0 Å². The van der Waals surface area contributed by atoms with Crippen molar-refractivity contribution >= 4 is 5.91 Å². The molecule has 0 saturated carbocycles. The van der Waals surface area contributed by atoms with E-state index >= 15 is 0 Å². The van der Waals surface area contributed by atoms with Gasteiger partial charge in [0.15, 0.2) is 11.5 Å². The highest BCUT2D eigenvalue weighted by molar-refractivity contribution is 5.79. The average Bonchev–Trinajstić information content (AvgIpc) is 2.51. The van der Waals surface area contributed by atoms with Crippen molar-refractivity contribution in [2.75, 3.05) is 20.2 Å². The van der Waals surface area contributed by atoms with Gasteiger partial charge in [0.2, 0.25) is 5.91 Å². The number of phenolic OH excluding ortho intramolecular Hbond substituents is 1. The van der Waals surface area contributed by atoms with Crippen molar-refractivity contribution in [1.82, 2.24) is 4.90 Å². The fourth-order valence-electron chi connectivity index (χ4n) is 2.54. The van der Waals surface area contributed by atoms with Crippen LogP contribution in [-0.2, 0) is 11.2 Å². The molecule has 0 unspecified atom stereocenters. The Morgan fingerprint density at radius 3 is 2.61 bits per heavy atom. The van der Waals surface area contributed by atoms with Gasteiger partial charge in [-0.05, 0) is 29.8 Å². The fourth-order valence-corrected chi connectivity index (χ4v) is 2.54. The van der Waals surface area contributed by atoms with Crippen molar-refractivity contribution in [1.29, 1.82) is 0 Å². The van der Waals surface area contributed by atoms with E-state index in [1.54, 1.807) is 23.1 Å². The van der Waals surface area contributed by atoms with E-state index in [1.807, 2.05) is 30.3 Å². The third kappa shape index (κ3) is 3.56. The number of carbonyl (C=O) groups is 1. The lowest BCUT2D eigenvalue weighted by Gasteiger charge is -2.39. The molecule has 23 heavy (non-hydrogen) atoms. The highest BCUT2D eigenvalue weighted by Crippen LogP contribution is 2.27. The number of hydrogen-bond acceptors (Lipinski definition) is 4. The molecule has 5 heteroatoms. The zero-order chi connectivity index (χ0) is 16.2. The van der Waals surface area contributed by atoms with Crippen LogP contribution < -0.4 is 9.47 Å². The highest BCUT2D eigenvalue weighted by atomic mass is 16.5. The van der Waals surface area contributed by atoms with Crippen LogP contribution in [-0.4, -0.2) is 42.2 Å². The van der Waals surface area contributed by atoms with Gasteiger partial charge in [0, 0.05) is 0 Å². The molecule has 1 fully saturated rings. The number of ether oxygens (including phenoxy) is 2. The number of carbonyl (C=O) groups excluding carboxylic acids is 1. The molecule has 1 N–H and O–H groups in total. The molecule has 1 aliphatic heterocycles. The summed E-state index contributed by atoms with van der Waals surface area (Å²) in [5, 5.41) is 9.75. The molecule has 1 heterocycles. The second-order valence-corrected chi connectivity index (χ2v) is 5.53. The van der Waals surface area contributed by atoms with Crippen LogP contribution >= 0.6 is 0 Å². The zero-order valence-corrected chi connectivity index (χ0v) is 12.9. The molecule has 0 aromatic heterocycles. The first kappa shape index (κ1) is 15.2.